The molecule has 3 aromatic rings. The minimum atomic E-state index is -1.29. The molecule has 0 saturated carbocycles. The van der Waals surface area contributed by atoms with Crippen LogP contribution >= 0.6 is 0 Å². The van der Waals surface area contributed by atoms with Gasteiger partial charge in [-0.05, 0) is 42.8 Å². The van der Waals surface area contributed by atoms with Gasteiger partial charge in [-0.25, -0.2) is 4.39 Å². The molecule has 37 heavy (non-hydrogen) atoms. The molecule has 1 aliphatic heterocycles. The Morgan fingerprint density at radius 1 is 1.00 bits per heavy atom. The second-order valence-corrected chi connectivity index (χ2v) is 9.48. The second-order valence-electron chi connectivity index (χ2n) is 9.48. The number of methoxy groups -OCH3 is 1. The topological polar surface area (TPSA) is 82.1 Å². The van der Waals surface area contributed by atoms with Crippen LogP contribution in [0.4, 0.5) is 14.0 Å². The number of ether oxygens (including phenoxy) is 3. The molecule has 194 valence electrons. The Bertz CT molecular complexity index is 1230. The maximum atomic E-state index is 13.9. The van der Waals surface area contributed by atoms with Crippen molar-refractivity contribution in [2.75, 3.05) is 13.7 Å². The van der Waals surface area contributed by atoms with E-state index < -0.39 is 28.3 Å². The number of nitrogens with zero attached hydrogens (tertiary/aromatic N) is 1. The van der Waals surface area contributed by atoms with Gasteiger partial charge < -0.3 is 19.3 Å². The average Bonchev–Trinajstić information content (AvgIpc) is 3.21. The van der Waals surface area contributed by atoms with Crippen molar-refractivity contribution in [1.29, 1.82) is 0 Å². The van der Waals surface area contributed by atoms with Gasteiger partial charge in [0.05, 0.1) is 0 Å². The van der Waals surface area contributed by atoms with Crippen molar-refractivity contribution in [3.05, 3.63) is 101 Å². The Kier molecular flexibility index (Phi) is 7.90. The molecule has 8 heteroatoms. The number of hydrogen-bond acceptors (Lipinski definition) is 5. The number of benzene rings is 3. The molecule has 2 unspecified atom stereocenters. The number of rotatable bonds is 8. The zero-order valence-electron chi connectivity index (χ0n) is 20.9. The van der Waals surface area contributed by atoms with Gasteiger partial charge in [0.15, 0.2) is 0 Å². The highest BCUT2D eigenvalue weighted by Crippen LogP contribution is 2.51. The Morgan fingerprint density at radius 3 is 2.32 bits per heavy atom. The third-order valence-electron chi connectivity index (χ3n) is 7.14. The van der Waals surface area contributed by atoms with Gasteiger partial charge in [0.2, 0.25) is 0 Å². The van der Waals surface area contributed by atoms with E-state index in [-0.39, 0.29) is 25.6 Å². The van der Waals surface area contributed by atoms with Crippen LogP contribution in [0.2, 0.25) is 0 Å². The minimum absolute atomic E-state index is 0.0362. The zero-order chi connectivity index (χ0) is 26.5. The largest absolute Gasteiger partial charge is 0.528 e. The van der Waals surface area contributed by atoms with Gasteiger partial charge in [-0.1, -0.05) is 48.5 Å². The van der Waals surface area contributed by atoms with E-state index in [1.807, 2.05) is 30.3 Å². The molecule has 4 rings (SSSR count). The van der Waals surface area contributed by atoms with E-state index in [2.05, 4.69) is 0 Å². The van der Waals surface area contributed by atoms with E-state index in [4.69, 9.17) is 14.2 Å². The third kappa shape index (κ3) is 5.08. The smallest absolute Gasteiger partial charge is 0.489 e. The normalized spacial score (nSPS) is 22.9. The molecule has 0 radical (unpaired) electrons. The van der Waals surface area contributed by atoms with E-state index >= 15 is 0 Å². The number of quaternary nitrogens is 1. The molecule has 1 N–H and O–H groups in total. The highest BCUT2D eigenvalue weighted by atomic mass is 19.1. The predicted molar refractivity (Wildman–Crippen MR) is 134 cm³/mol. The monoisotopic (exact) mass is 508 g/mol. The van der Waals surface area contributed by atoms with Gasteiger partial charge >= 0.3 is 12.2 Å². The van der Waals surface area contributed by atoms with Gasteiger partial charge in [-0.15, -0.1) is 4.48 Å². The molecule has 0 spiro atoms. The lowest BCUT2D eigenvalue weighted by Gasteiger charge is -2.41. The summed E-state index contributed by atoms with van der Waals surface area (Å²) in [6.07, 6.45) is -1.23. The number of hydrogen-bond donors (Lipinski definition) is 1. The lowest BCUT2D eigenvalue weighted by molar-refractivity contribution is -0.855. The first-order valence-corrected chi connectivity index (χ1v) is 12.1. The van der Waals surface area contributed by atoms with Crippen molar-refractivity contribution in [2.45, 2.75) is 44.6 Å². The van der Waals surface area contributed by atoms with E-state index in [1.54, 1.807) is 49.4 Å². The van der Waals surface area contributed by atoms with Crippen molar-refractivity contribution < 1.29 is 37.8 Å². The summed E-state index contributed by atoms with van der Waals surface area (Å²) >= 11 is 0. The van der Waals surface area contributed by atoms with Crippen molar-refractivity contribution in [3.8, 4) is 5.75 Å². The van der Waals surface area contributed by atoms with Gasteiger partial charge in [-0.3, -0.25) is 0 Å². The summed E-state index contributed by atoms with van der Waals surface area (Å²) in [5.41, 5.74) is 0.816. The molecule has 3 aromatic carbocycles. The van der Waals surface area contributed by atoms with Crippen LogP contribution in [0.15, 0.2) is 78.9 Å². The molecular formula is C29H31FNO6+. The lowest BCUT2D eigenvalue weighted by Crippen LogP contribution is -2.67. The fourth-order valence-electron chi connectivity index (χ4n) is 5.24. The third-order valence-corrected chi connectivity index (χ3v) is 7.14. The van der Waals surface area contributed by atoms with E-state index in [0.29, 0.717) is 29.7 Å². The summed E-state index contributed by atoms with van der Waals surface area (Å²) in [6, 6.07) is 21.7. The Hall–Kier alpha value is -3.75. The van der Waals surface area contributed by atoms with Crippen molar-refractivity contribution in [3.63, 3.8) is 0 Å². The van der Waals surface area contributed by atoms with Crippen molar-refractivity contribution >= 4 is 12.2 Å². The maximum absolute atomic E-state index is 13.9. The molecule has 2 amide bonds. The number of carbonyl (C=O) groups is 2. The van der Waals surface area contributed by atoms with Crippen LogP contribution in [0.3, 0.4) is 0 Å². The molecule has 0 aliphatic carbocycles. The SMILES string of the molecule is COCC1(C)CC[C@H](c2ccc(OCc3ccccc3F)cc2)[N+]1(C(=O)O)C(=O)OCc1ccccc1. The first kappa shape index (κ1) is 26.3. The second kappa shape index (κ2) is 11.1. The van der Waals surface area contributed by atoms with Crippen LogP contribution in [-0.2, 0) is 22.7 Å². The van der Waals surface area contributed by atoms with Crippen molar-refractivity contribution in [1.82, 2.24) is 0 Å². The fraction of sp³-hybridized carbons (Fsp3) is 0.310. The summed E-state index contributed by atoms with van der Waals surface area (Å²) < 4.78 is 29.7. The Morgan fingerprint density at radius 2 is 1.68 bits per heavy atom. The van der Waals surface area contributed by atoms with E-state index in [0.717, 1.165) is 5.56 Å². The number of carboxylic acid groups (broad SMARTS) is 1. The van der Waals surface area contributed by atoms with Gasteiger partial charge in [0, 0.05) is 31.1 Å². The summed E-state index contributed by atoms with van der Waals surface area (Å²) in [5.74, 6) is 0.157. The van der Waals surface area contributed by atoms with Gasteiger partial charge in [0.25, 0.3) is 0 Å². The van der Waals surface area contributed by atoms with Crippen molar-refractivity contribution in [2.24, 2.45) is 0 Å². The van der Waals surface area contributed by atoms with E-state index in [1.165, 1.54) is 13.2 Å². The molecular weight excluding hydrogens is 477 g/mol. The number of imide groups is 1. The average molecular weight is 509 g/mol. The van der Waals surface area contributed by atoms with Crippen LogP contribution < -0.4 is 4.74 Å². The maximum Gasteiger partial charge on any atom is 0.528 e. The van der Waals surface area contributed by atoms with Crippen LogP contribution in [0.1, 0.15) is 42.5 Å². The van der Waals surface area contributed by atoms with Gasteiger partial charge in [-0.2, -0.15) is 9.59 Å². The summed E-state index contributed by atoms with van der Waals surface area (Å²) in [7, 11) is 1.49. The van der Waals surface area contributed by atoms with Crippen LogP contribution in [0.25, 0.3) is 0 Å². The lowest BCUT2D eigenvalue weighted by atomic mass is 9.98. The summed E-state index contributed by atoms with van der Waals surface area (Å²) in [4.78, 5) is 26.6. The van der Waals surface area contributed by atoms with Crippen LogP contribution in [-0.4, -0.2) is 41.0 Å². The minimum Gasteiger partial charge on any atom is -0.489 e. The number of likely N-dealkylation sites (tertiary alicyclic amines) is 1. The highest BCUT2D eigenvalue weighted by Gasteiger charge is 2.69. The Balaban J connectivity index is 1.61. The zero-order valence-corrected chi connectivity index (χ0v) is 20.9. The van der Waals surface area contributed by atoms with Gasteiger partial charge in [0.1, 0.15) is 43.0 Å². The molecule has 1 heterocycles. The molecule has 1 saturated heterocycles. The molecule has 0 bridgehead atoms. The number of carbonyl (C=O) groups excluding carboxylic acids is 1. The van der Waals surface area contributed by atoms with Crippen LogP contribution in [0.5, 0.6) is 5.75 Å². The first-order valence-electron chi connectivity index (χ1n) is 12.1. The highest BCUT2D eigenvalue weighted by molar-refractivity contribution is 5.77. The Labute approximate surface area is 215 Å². The van der Waals surface area contributed by atoms with Crippen LogP contribution in [0, 0.1) is 5.82 Å². The quantitative estimate of drug-likeness (QED) is 0.351. The fourth-order valence-corrected chi connectivity index (χ4v) is 5.24. The molecule has 1 aliphatic rings. The van der Waals surface area contributed by atoms with E-state index in [9.17, 15) is 19.1 Å². The summed E-state index contributed by atoms with van der Waals surface area (Å²) in [6.45, 7) is 1.84. The summed E-state index contributed by atoms with van der Waals surface area (Å²) in [5, 5.41) is 10.6. The molecule has 0 aromatic heterocycles. The molecule has 7 nitrogen and oxygen atoms in total. The number of halogens is 1. The predicted octanol–water partition coefficient (Wildman–Crippen LogP) is 6.48. The first-order chi connectivity index (χ1) is 17.8. The number of amides is 2. The molecule has 1 fully saturated rings. The standard InChI is InChI=1S/C29H30FNO6/c1-29(20-35-2)17-16-26(31(29,27(32)33)28(34)37-18-21-8-4-3-5-9-21)22-12-14-24(15-13-22)36-19-23-10-6-7-11-25(23)30/h3-15,26H,16-20H2,1-2H3/p+1/t26-,29?,31?/m1/s1. The molecule has 3 atom stereocenters.